The highest BCUT2D eigenvalue weighted by Crippen LogP contribution is 2.80. The van der Waals surface area contributed by atoms with E-state index in [1.54, 1.807) is 0 Å². The largest absolute Gasteiger partial charge is 0.292 e. The fourth-order valence-corrected chi connectivity index (χ4v) is 11.3. The van der Waals surface area contributed by atoms with Gasteiger partial charge in [0.15, 0.2) is 22.5 Å². The Morgan fingerprint density at radius 2 is 1.40 bits per heavy atom. The van der Waals surface area contributed by atoms with E-state index in [0.717, 1.165) is 6.42 Å². The second kappa shape index (κ2) is 4.49. The van der Waals surface area contributed by atoms with E-state index in [0.29, 0.717) is 28.9 Å². The first-order valence-corrected chi connectivity index (χ1v) is 8.53. The molecule has 1 fully saturated rings. The predicted molar refractivity (Wildman–Crippen MR) is 65.7 cm³/mol. The van der Waals surface area contributed by atoms with Crippen LogP contribution in [0, 0.1) is 0 Å². The molecule has 0 aromatic heterocycles. The normalized spacial score (nSPS) is 26.7. The highest BCUT2D eigenvalue weighted by molar-refractivity contribution is 8.80. The van der Waals surface area contributed by atoms with Crippen LogP contribution < -0.4 is 0 Å². The summed E-state index contributed by atoms with van der Waals surface area (Å²) in [7, 11) is -3.99. The predicted octanol–water partition coefficient (Wildman–Crippen LogP) is 1.45. The van der Waals surface area contributed by atoms with Gasteiger partial charge in [-0.2, -0.15) is 0 Å². The third-order valence-corrected chi connectivity index (χ3v) is 11.9. The van der Waals surface area contributed by atoms with Crippen molar-refractivity contribution in [1.29, 1.82) is 0 Å². The van der Waals surface area contributed by atoms with Crippen molar-refractivity contribution in [2.45, 2.75) is 24.3 Å². The Bertz CT molecular complexity index is 260. The Morgan fingerprint density at radius 3 is 1.67 bits per heavy atom. The zero-order valence-corrected chi connectivity index (χ0v) is 10.1. The Hall–Kier alpha value is -0.620. The van der Waals surface area contributed by atoms with Crippen molar-refractivity contribution in [3.8, 4) is 0 Å². The van der Waals surface area contributed by atoms with Gasteiger partial charge >= 0.3 is 0 Å². The van der Waals surface area contributed by atoms with Gasteiger partial charge in [-0.1, -0.05) is 13.3 Å². The Balaban J connectivity index is 3.02. The minimum Gasteiger partial charge on any atom is -0.292 e. The average molecular weight is 250 g/mol. The Kier molecular flexibility index (Phi) is 3.72. The zero-order valence-electron chi connectivity index (χ0n) is 8.46. The fourth-order valence-electron chi connectivity index (χ4n) is 1.84. The highest BCUT2D eigenvalue weighted by atomic mass is 32.4. The SMILES string of the molecule is CCCC1S(C=O)(C=O)CS1(C=O)C=O. The molecule has 0 unspecified atom stereocenters. The molecule has 0 saturated carbocycles. The first-order valence-electron chi connectivity index (χ1n) is 4.55. The molecule has 15 heavy (non-hydrogen) atoms. The van der Waals surface area contributed by atoms with Gasteiger partial charge in [0.25, 0.3) is 0 Å². The van der Waals surface area contributed by atoms with E-state index < -0.39 is 20.1 Å². The van der Waals surface area contributed by atoms with Gasteiger partial charge in [0, 0.05) is 9.67 Å². The summed E-state index contributed by atoms with van der Waals surface area (Å²) < 4.78 is -0.292. The van der Waals surface area contributed by atoms with Crippen LogP contribution in [0.15, 0.2) is 0 Å². The number of carbonyl (C=O) groups is 4. The molecular weight excluding hydrogens is 236 g/mol. The first kappa shape index (κ1) is 12.4. The number of hydrogen-bond donors (Lipinski definition) is 0. The molecule has 6 heteroatoms. The zero-order chi connectivity index (χ0) is 11.5. The van der Waals surface area contributed by atoms with Gasteiger partial charge in [-0.05, 0) is 6.42 Å². The lowest BCUT2D eigenvalue weighted by molar-refractivity contribution is 0.564. The Labute approximate surface area is 91.4 Å². The fraction of sp³-hybridized carbons (Fsp3) is 0.556. The molecule has 4 nitrogen and oxygen atoms in total. The van der Waals surface area contributed by atoms with Crippen LogP contribution in [0.4, 0.5) is 0 Å². The van der Waals surface area contributed by atoms with E-state index in [-0.39, 0.29) is 9.67 Å². The van der Waals surface area contributed by atoms with Gasteiger partial charge in [0.2, 0.25) is 0 Å². The monoisotopic (exact) mass is 250 g/mol. The van der Waals surface area contributed by atoms with Crippen molar-refractivity contribution >= 4 is 42.5 Å². The average Bonchev–Trinajstić information content (AvgIpc) is 2.28. The number of carbonyl (C=O) groups excluding carboxylic acids is 4. The number of hydrogen-bond acceptors (Lipinski definition) is 4. The van der Waals surface area contributed by atoms with E-state index in [2.05, 4.69) is 0 Å². The van der Waals surface area contributed by atoms with E-state index in [4.69, 9.17) is 0 Å². The van der Waals surface area contributed by atoms with Crippen molar-refractivity contribution in [2.24, 2.45) is 0 Å². The summed E-state index contributed by atoms with van der Waals surface area (Å²) >= 11 is 0. The van der Waals surface area contributed by atoms with Gasteiger partial charge in [-0.3, -0.25) is 19.2 Å². The lowest BCUT2D eigenvalue weighted by Crippen LogP contribution is -2.43. The molecule has 0 spiro atoms. The molecule has 0 N–H and O–H groups in total. The molecule has 0 atom stereocenters. The van der Waals surface area contributed by atoms with E-state index in [1.807, 2.05) is 6.92 Å². The van der Waals surface area contributed by atoms with Crippen LogP contribution in [0.1, 0.15) is 19.8 Å². The number of rotatable bonds is 6. The minimum atomic E-state index is -1.99. The summed E-state index contributed by atoms with van der Waals surface area (Å²) in [6.45, 7) is 1.91. The van der Waals surface area contributed by atoms with Crippen LogP contribution in [0.5, 0.6) is 0 Å². The van der Waals surface area contributed by atoms with Crippen molar-refractivity contribution in [3.05, 3.63) is 0 Å². The summed E-state index contributed by atoms with van der Waals surface area (Å²) in [6.07, 6.45) is 1.39. The highest BCUT2D eigenvalue weighted by Gasteiger charge is 2.57. The van der Waals surface area contributed by atoms with Crippen molar-refractivity contribution in [1.82, 2.24) is 0 Å². The second-order valence-corrected chi connectivity index (χ2v) is 10.3. The lowest BCUT2D eigenvalue weighted by Gasteiger charge is -2.59. The maximum atomic E-state index is 10.9. The first-order chi connectivity index (χ1) is 7.14. The third-order valence-electron chi connectivity index (χ3n) is 2.63. The minimum absolute atomic E-state index is 0.199. The molecule has 0 aromatic rings. The van der Waals surface area contributed by atoms with E-state index >= 15 is 0 Å². The van der Waals surface area contributed by atoms with Crippen LogP contribution in [0.2, 0.25) is 0 Å². The standard InChI is InChI=1S/C9H14O4S2/c1-2-3-9-14(4-10,5-11)8-15(9,6-12)7-13/h4-7,9H,2-3,8H2,1H3. The molecule has 1 aliphatic heterocycles. The second-order valence-electron chi connectivity index (χ2n) is 3.54. The maximum absolute atomic E-state index is 10.9. The summed E-state index contributed by atoms with van der Waals surface area (Å²) in [5, 5.41) is 0.199. The van der Waals surface area contributed by atoms with Gasteiger partial charge in [-0.15, -0.1) is 20.1 Å². The van der Waals surface area contributed by atoms with Crippen LogP contribution in [0.25, 0.3) is 0 Å². The van der Waals surface area contributed by atoms with Gasteiger partial charge in [-0.25, -0.2) is 0 Å². The lowest BCUT2D eigenvalue weighted by atomic mass is 10.4. The molecule has 1 saturated heterocycles. The molecule has 0 bridgehead atoms. The Morgan fingerprint density at radius 1 is 1.00 bits per heavy atom. The molecule has 1 aliphatic rings. The van der Waals surface area contributed by atoms with E-state index in [9.17, 15) is 19.2 Å². The third kappa shape index (κ3) is 1.65. The topological polar surface area (TPSA) is 68.3 Å². The molecule has 0 radical (unpaired) electrons. The van der Waals surface area contributed by atoms with Crippen molar-refractivity contribution in [3.63, 3.8) is 0 Å². The molecule has 1 heterocycles. The smallest absolute Gasteiger partial charge is 0.167 e. The molecular formula is C9H14O4S2. The maximum Gasteiger partial charge on any atom is 0.167 e. The molecule has 0 amide bonds. The molecule has 1 rings (SSSR count). The van der Waals surface area contributed by atoms with Crippen LogP contribution in [0.3, 0.4) is 0 Å². The van der Waals surface area contributed by atoms with Crippen LogP contribution >= 0.6 is 20.1 Å². The summed E-state index contributed by atoms with van der Waals surface area (Å²) in [5.41, 5.74) is 2.72. The molecule has 0 aliphatic carbocycles. The quantitative estimate of drug-likeness (QED) is 0.669. The van der Waals surface area contributed by atoms with Crippen LogP contribution in [-0.4, -0.2) is 32.1 Å². The molecule has 0 aromatic carbocycles. The van der Waals surface area contributed by atoms with Crippen molar-refractivity contribution < 1.29 is 19.2 Å². The van der Waals surface area contributed by atoms with Gasteiger partial charge in [0.1, 0.15) is 0 Å². The molecule has 86 valence electrons. The van der Waals surface area contributed by atoms with E-state index in [1.165, 1.54) is 0 Å². The summed E-state index contributed by atoms with van der Waals surface area (Å²) in [5.74, 6) is 0. The van der Waals surface area contributed by atoms with Crippen LogP contribution in [-0.2, 0) is 19.2 Å². The summed E-state index contributed by atoms with van der Waals surface area (Å²) in [4.78, 5) is 43.7. The summed E-state index contributed by atoms with van der Waals surface area (Å²) in [6, 6.07) is 0. The van der Waals surface area contributed by atoms with Gasteiger partial charge in [0.05, 0.1) is 0 Å². The van der Waals surface area contributed by atoms with Gasteiger partial charge < -0.3 is 0 Å². The van der Waals surface area contributed by atoms with Crippen molar-refractivity contribution in [2.75, 3.05) is 5.08 Å².